The molecule has 0 unspecified atom stereocenters. The molecule has 108 valence electrons. The van der Waals surface area contributed by atoms with Crippen molar-refractivity contribution in [2.75, 3.05) is 0 Å². The Kier molecular flexibility index (Phi) is 7.72. The molecule has 0 aromatic heterocycles. The molecule has 3 nitrogen and oxygen atoms in total. The number of hydrogen-bond acceptors (Lipinski definition) is 3. The lowest BCUT2D eigenvalue weighted by atomic mass is 9.99. The molecule has 0 fully saturated rings. The van der Waals surface area contributed by atoms with Gasteiger partial charge in [-0.2, -0.15) is 0 Å². The monoisotopic (exact) mass is 258 g/mol. The van der Waals surface area contributed by atoms with Crippen molar-refractivity contribution in [1.29, 1.82) is 0 Å². The van der Waals surface area contributed by atoms with Crippen LogP contribution in [-0.2, 0) is 14.3 Å². The molecule has 0 heterocycles. The van der Waals surface area contributed by atoms with Crippen molar-refractivity contribution in [2.45, 2.75) is 91.1 Å². The summed E-state index contributed by atoms with van der Waals surface area (Å²) in [4.78, 5) is 10.8. The molecule has 0 aliphatic rings. The molecular formula is C15H30O3. The van der Waals surface area contributed by atoms with Gasteiger partial charge in [0.2, 0.25) is 0 Å². The van der Waals surface area contributed by atoms with Crippen LogP contribution in [0.25, 0.3) is 0 Å². The van der Waals surface area contributed by atoms with Crippen LogP contribution >= 0.6 is 0 Å². The largest absolute Gasteiger partial charge is 0.346 e. The van der Waals surface area contributed by atoms with Gasteiger partial charge in [0.05, 0.1) is 17.6 Å². The van der Waals surface area contributed by atoms with Crippen LogP contribution in [0.5, 0.6) is 0 Å². The maximum absolute atomic E-state index is 10.8. The third kappa shape index (κ3) is 5.49. The first-order chi connectivity index (χ1) is 8.38. The van der Waals surface area contributed by atoms with Crippen molar-refractivity contribution in [3.63, 3.8) is 0 Å². The van der Waals surface area contributed by atoms with E-state index >= 15 is 0 Å². The number of hydrogen-bond donors (Lipinski definition) is 0. The summed E-state index contributed by atoms with van der Waals surface area (Å²) in [7, 11) is 0. The Hall–Kier alpha value is -0.410. The number of carbonyl (C=O) groups is 1. The summed E-state index contributed by atoms with van der Waals surface area (Å²) in [6.45, 7) is 12.5. The normalized spacial score (nSPS) is 13.1. The van der Waals surface area contributed by atoms with Crippen molar-refractivity contribution < 1.29 is 14.3 Å². The van der Waals surface area contributed by atoms with E-state index in [2.05, 4.69) is 41.5 Å². The maximum Gasteiger partial charge on any atom is 0.165 e. The third-order valence-corrected chi connectivity index (χ3v) is 4.11. The molecule has 0 aliphatic heterocycles. The number of carbonyl (C=O) groups excluding carboxylic acids is 1. The Morgan fingerprint density at radius 2 is 1.22 bits per heavy atom. The van der Waals surface area contributed by atoms with Gasteiger partial charge in [-0.1, -0.05) is 27.7 Å². The number of ether oxygens (including phenoxy) is 2. The Bertz CT molecular complexity index is 210. The van der Waals surface area contributed by atoms with Gasteiger partial charge in [0, 0.05) is 0 Å². The SMILES string of the molecule is CCC(C)(CC)OC(CC=O)OC(C)(CC)CC. The zero-order valence-corrected chi connectivity index (χ0v) is 12.9. The predicted molar refractivity (Wildman–Crippen MR) is 74.6 cm³/mol. The van der Waals surface area contributed by atoms with E-state index in [9.17, 15) is 4.79 Å². The van der Waals surface area contributed by atoms with Gasteiger partial charge in [-0.25, -0.2) is 0 Å². The first kappa shape index (κ1) is 17.6. The predicted octanol–water partition coefficient (Wildman–Crippen LogP) is 4.09. The van der Waals surface area contributed by atoms with Gasteiger partial charge in [-0.15, -0.1) is 0 Å². The van der Waals surface area contributed by atoms with E-state index in [4.69, 9.17) is 9.47 Å². The van der Waals surface area contributed by atoms with E-state index < -0.39 is 6.29 Å². The fourth-order valence-corrected chi connectivity index (χ4v) is 1.67. The Morgan fingerprint density at radius 1 is 0.889 bits per heavy atom. The molecule has 0 atom stereocenters. The molecule has 0 aromatic carbocycles. The molecule has 18 heavy (non-hydrogen) atoms. The number of aldehydes is 1. The Morgan fingerprint density at radius 3 is 1.44 bits per heavy atom. The van der Waals surface area contributed by atoms with Gasteiger partial charge in [0.25, 0.3) is 0 Å². The molecule has 0 spiro atoms. The van der Waals surface area contributed by atoms with Gasteiger partial charge in [-0.05, 0) is 39.5 Å². The second-order valence-electron chi connectivity index (χ2n) is 5.38. The molecule has 0 N–H and O–H groups in total. The smallest absolute Gasteiger partial charge is 0.165 e. The summed E-state index contributed by atoms with van der Waals surface area (Å²) in [6, 6.07) is 0. The van der Waals surface area contributed by atoms with Crippen molar-refractivity contribution in [3.05, 3.63) is 0 Å². The van der Waals surface area contributed by atoms with Crippen LogP contribution in [-0.4, -0.2) is 23.8 Å². The third-order valence-electron chi connectivity index (χ3n) is 4.11. The van der Waals surface area contributed by atoms with Gasteiger partial charge in [0.15, 0.2) is 6.29 Å². The average Bonchev–Trinajstić information content (AvgIpc) is 2.38. The molecule has 0 bridgehead atoms. The highest BCUT2D eigenvalue weighted by molar-refractivity contribution is 5.49. The van der Waals surface area contributed by atoms with Crippen LogP contribution in [0.4, 0.5) is 0 Å². The lowest BCUT2D eigenvalue weighted by molar-refractivity contribution is -0.250. The lowest BCUT2D eigenvalue weighted by Gasteiger charge is -2.37. The van der Waals surface area contributed by atoms with E-state index in [1.54, 1.807) is 0 Å². The highest BCUT2D eigenvalue weighted by atomic mass is 16.7. The van der Waals surface area contributed by atoms with Crippen molar-refractivity contribution in [3.8, 4) is 0 Å². The Balaban J connectivity index is 4.70. The minimum absolute atomic E-state index is 0.212. The topological polar surface area (TPSA) is 35.5 Å². The van der Waals surface area contributed by atoms with E-state index in [1.807, 2.05) is 0 Å². The van der Waals surface area contributed by atoms with Crippen LogP contribution in [0.15, 0.2) is 0 Å². The molecule has 0 aromatic rings. The lowest BCUT2D eigenvalue weighted by Crippen LogP contribution is -2.40. The van der Waals surface area contributed by atoms with E-state index in [0.717, 1.165) is 32.0 Å². The summed E-state index contributed by atoms with van der Waals surface area (Å²) in [5.74, 6) is 0. The Labute approximate surface area is 112 Å². The van der Waals surface area contributed by atoms with Gasteiger partial charge >= 0.3 is 0 Å². The first-order valence-corrected chi connectivity index (χ1v) is 7.17. The quantitative estimate of drug-likeness (QED) is 0.437. The van der Waals surface area contributed by atoms with E-state index in [1.165, 1.54) is 0 Å². The molecule has 0 rings (SSSR count). The van der Waals surface area contributed by atoms with E-state index in [0.29, 0.717) is 6.42 Å². The molecule has 0 radical (unpaired) electrons. The second-order valence-corrected chi connectivity index (χ2v) is 5.38. The van der Waals surface area contributed by atoms with Gasteiger partial charge < -0.3 is 14.3 Å². The molecule has 0 saturated carbocycles. The summed E-state index contributed by atoms with van der Waals surface area (Å²) >= 11 is 0. The van der Waals surface area contributed by atoms with E-state index in [-0.39, 0.29) is 11.2 Å². The molecule has 3 heteroatoms. The highest BCUT2D eigenvalue weighted by Gasteiger charge is 2.30. The minimum Gasteiger partial charge on any atom is -0.346 e. The van der Waals surface area contributed by atoms with Crippen LogP contribution < -0.4 is 0 Å². The van der Waals surface area contributed by atoms with Gasteiger partial charge in [-0.3, -0.25) is 0 Å². The minimum atomic E-state index is -0.433. The standard InChI is InChI=1S/C15H30O3/c1-7-14(5,8-2)17-13(11-12-16)18-15(6,9-3)10-4/h12-13H,7-11H2,1-6H3. The summed E-state index contributed by atoms with van der Waals surface area (Å²) in [5, 5.41) is 0. The van der Waals surface area contributed by atoms with Crippen molar-refractivity contribution in [1.82, 2.24) is 0 Å². The fourth-order valence-electron chi connectivity index (χ4n) is 1.67. The fraction of sp³-hybridized carbons (Fsp3) is 0.933. The number of rotatable bonds is 10. The van der Waals surface area contributed by atoms with Crippen LogP contribution in [0.1, 0.15) is 73.6 Å². The molecular weight excluding hydrogens is 228 g/mol. The highest BCUT2D eigenvalue weighted by Crippen LogP contribution is 2.28. The summed E-state index contributed by atoms with van der Waals surface area (Å²) < 4.78 is 12.0. The van der Waals surface area contributed by atoms with Crippen LogP contribution in [0.3, 0.4) is 0 Å². The second kappa shape index (κ2) is 7.90. The van der Waals surface area contributed by atoms with Gasteiger partial charge in [0.1, 0.15) is 6.29 Å². The first-order valence-electron chi connectivity index (χ1n) is 7.17. The maximum atomic E-state index is 10.8. The molecule has 0 amide bonds. The van der Waals surface area contributed by atoms with Crippen LogP contribution in [0, 0.1) is 0 Å². The summed E-state index contributed by atoms with van der Waals surface area (Å²) in [5.41, 5.74) is -0.424. The zero-order valence-electron chi connectivity index (χ0n) is 12.9. The van der Waals surface area contributed by atoms with Crippen LogP contribution in [0.2, 0.25) is 0 Å². The molecule has 0 saturated heterocycles. The zero-order chi connectivity index (χ0) is 14.2. The van der Waals surface area contributed by atoms with Crippen molar-refractivity contribution in [2.24, 2.45) is 0 Å². The molecule has 0 aliphatic carbocycles. The average molecular weight is 258 g/mol. The van der Waals surface area contributed by atoms with Crippen molar-refractivity contribution >= 4 is 6.29 Å². The summed E-state index contributed by atoms with van der Waals surface area (Å²) in [6.07, 6.45) is 4.40.